The molecule has 0 saturated carbocycles. The van der Waals surface area contributed by atoms with E-state index in [1.54, 1.807) is 36.4 Å². The van der Waals surface area contributed by atoms with Gasteiger partial charge in [-0.05, 0) is 50.1 Å². The Bertz CT molecular complexity index is 995. The lowest BCUT2D eigenvalue weighted by molar-refractivity contribution is -0.358. The molecule has 0 fully saturated rings. The van der Waals surface area contributed by atoms with Crippen molar-refractivity contribution in [2.24, 2.45) is 0 Å². The molecule has 2 aliphatic rings. The minimum Gasteiger partial charge on any atom is -0.389 e. The second-order valence-electron chi connectivity index (χ2n) is 5.39. The number of halogens is 6. The number of fused-ring (bicyclic) bond motifs is 2. The quantitative estimate of drug-likeness (QED) is 0.391. The highest BCUT2D eigenvalue weighted by Gasteiger charge is 2.54. The minimum absolute atomic E-state index is 0.324. The molecule has 4 rings (SSSR count). The van der Waals surface area contributed by atoms with Gasteiger partial charge in [0.05, 0.1) is 15.2 Å². The number of hydrogen-bond donors (Lipinski definition) is 0. The maximum Gasteiger partial charge on any atom is 0.738 e. The second kappa shape index (κ2) is 5.66. The van der Waals surface area contributed by atoms with Gasteiger partial charge in [0.25, 0.3) is 0 Å². The van der Waals surface area contributed by atoms with Crippen LogP contribution in [-0.2, 0) is 0 Å². The van der Waals surface area contributed by atoms with Crippen LogP contribution in [0.5, 0.6) is 0 Å². The van der Waals surface area contributed by atoms with Crippen molar-refractivity contribution in [1.82, 2.24) is 4.48 Å². The van der Waals surface area contributed by atoms with E-state index < -0.39 is 6.97 Å². The molecule has 0 unspecified atom stereocenters. The molecule has 24 heavy (non-hydrogen) atoms. The van der Waals surface area contributed by atoms with Crippen molar-refractivity contribution in [3.8, 4) is 0 Å². The Morgan fingerprint density at radius 1 is 1.04 bits per heavy atom. The molecule has 2 aliphatic heterocycles. The van der Waals surface area contributed by atoms with E-state index in [1.807, 2.05) is 6.07 Å². The first-order chi connectivity index (χ1) is 11.3. The molecule has 0 N–H and O–H groups in total. The zero-order valence-corrected chi connectivity index (χ0v) is 17.3. The van der Waals surface area contributed by atoms with Gasteiger partial charge in [-0.1, -0.05) is 23.7 Å². The van der Waals surface area contributed by atoms with Crippen LogP contribution in [0.1, 0.15) is 11.3 Å². The molecule has 122 valence electrons. The van der Waals surface area contributed by atoms with Crippen molar-refractivity contribution in [1.29, 1.82) is 0 Å². The molecule has 0 saturated heterocycles. The first-order valence-corrected chi connectivity index (χ1v) is 9.68. The third kappa shape index (κ3) is 2.19. The summed E-state index contributed by atoms with van der Waals surface area (Å²) in [6.07, 6.45) is 3.32. The second-order valence-corrected chi connectivity index (χ2v) is 8.21. The molecule has 0 aliphatic carbocycles. The van der Waals surface area contributed by atoms with Crippen LogP contribution in [0.15, 0.2) is 57.3 Å². The predicted molar refractivity (Wildman–Crippen MR) is 104 cm³/mol. The average Bonchev–Trinajstić information content (AvgIpc) is 3.09. The molecular weight excluding hydrogens is 532 g/mol. The minimum atomic E-state index is -4.01. The van der Waals surface area contributed by atoms with E-state index in [-0.39, 0.29) is 0 Å². The normalized spacial score (nSPS) is 18.2. The smallest absolute Gasteiger partial charge is 0.389 e. The van der Waals surface area contributed by atoms with Crippen LogP contribution in [0.25, 0.3) is 5.57 Å². The van der Waals surface area contributed by atoms with Crippen LogP contribution in [0.2, 0.25) is 5.02 Å². The lowest BCUT2D eigenvalue weighted by atomic mass is 9.86. The fourth-order valence-electron chi connectivity index (χ4n) is 3.11. The van der Waals surface area contributed by atoms with Gasteiger partial charge in [-0.15, -0.1) is 0 Å². The van der Waals surface area contributed by atoms with Gasteiger partial charge in [-0.25, -0.2) is 0 Å². The molecule has 2 nitrogen and oxygen atoms in total. The maximum absolute atomic E-state index is 15.1. The number of hydrogen-bond acceptors (Lipinski definition) is 0. The molecular formula is C15H7BBr3ClF2N2. The third-order valence-corrected chi connectivity index (χ3v) is 6.78. The van der Waals surface area contributed by atoms with Crippen molar-refractivity contribution in [2.75, 3.05) is 0 Å². The monoisotopic (exact) mass is 536 g/mol. The fourth-order valence-corrected chi connectivity index (χ4v) is 4.88. The first kappa shape index (κ1) is 16.8. The molecule has 0 amide bonds. The maximum atomic E-state index is 15.1. The molecule has 2 aromatic rings. The lowest BCUT2D eigenvalue weighted by Gasteiger charge is -2.32. The Morgan fingerprint density at radius 3 is 2.54 bits per heavy atom. The van der Waals surface area contributed by atoms with Crippen LogP contribution in [0, 0.1) is 0 Å². The van der Waals surface area contributed by atoms with E-state index in [1.165, 1.54) is 0 Å². The van der Waals surface area contributed by atoms with Crippen LogP contribution >= 0.6 is 59.4 Å². The summed E-state index contributed by atoms with van der Waals surface area (Å²) in [6.45, 7) is -4.01. The van der Waals surface area contributed by atoms with Gasteiger partial charge in [0.1, 0.15) is 0 Å². The summed E-state index contributed by atoms with van der Waals surface area (Å²) >= 11 is 16.2. The zero-order chi connectivity index (χ0) is 17.2. The van der Waals surface area contributed by atoms with E-state index in [0.29, 0.717) is 35.7 Å². The van der Waals surface area contributed by atoms with Gasteiger partial charge >= 0.3 is 6.97 Å². The summed E-state index contributed by atoms with van der Waals surface area (Å²) in [5.74, 6) is 0. The van der Waals surface area contributed by atoms with Crippen molar-refractivity contribution in [3.05, 3.63) is 73.5 Å². The largest absolute Gasteiger partial charge is 0.738 e. The lowest BCUT2D eigenvalue weighted by Crippen LogP contribution is -2.50. The molecule has 0 atom stereocenters. The van der Waals surface area contributed by atoms with Crippen LogP contribution in [-0.4, -0.2) is 20.6 Å². The molecule has 0 radical (unpaired) electrons. The van der Waals surface area contributed by atoms with Gasteiger partial charge in [-0.3, -0.25) is 0 Å². The Hall–Kier alpha value is -0.695. The number of rotatable bonds is 1. The molecule has 0 bridgehead atoms. The van der Waals surface area contributed by atoms with Crippen molar-refractivity contribution in [3.63, 3.8) is 0 Å². The van der Waals surface area contributed by atoms with Gasteiger partial charge in [-0.2, -0.15) is 0 Å². The Balaban J connectivity index is 2.15. The number of nitrogens with zero attached hydrogens (tertiary/aromatic N) is 2. The van der Waals surface area contributed by atoms with Crippen molar-refractivity contribution < 1.29 is 13.1 Å². The van der Waals surface area contributed by atoms with E-state index in [2.05, 4.69) is 47.8 Å². The number of aromatic nitrogens is 1. The highest BCUT2D eigenvalue weighted by molar-refractivity contribution is 9.18. The average molecular weight is 539 g/mol. The molecule has 1 aromatic carbocycles. The summed E-state index contributed by atoms with van der Waals surface area (Å²) in [5.41, 5.74) is 2.32. The van der Waals surface area contributed by atoms with Crippen molar-refractivity contribution in [2.45, 2.75) is 0 Å². The summed E-state index contributed by atoms with van der Waals surface area (Å²) in [4.78, 5) is 0. The van der Waals surface area contributed by atoms with E-state index in [4.69, 9.17) is 11.6 Å². The van der Waals surface area contributed by atoms with Crippen molar-refractivity contribution >= 4 is 76.6 Å². The predicted octanol–water partition coefficient (Wildman–Crippen LogP) is 6.04. The standard InChI is InChI=1S/C15H7BBr3ClF2N2/c17-12-6-4-10-14(8-2-1-3-9(20)15(8)19)11-5-7-13(18)24(11)16(21,22)23(10)12/h1-7H. The molecule has 0 spiro atoms. The number of allylic oxidation sites excluding steroid dienone is 2. The Morgan fingerprint density at radius 2 is 1.79 bits per heavy atom. The topological polar surface area (TPSA) is 7.94 Å². The summed E-state index contributed by atoms with van der Waals surface area (Å²) < 4.78 is 33.6. The molecule has 1 aromatic heterocycles. The molecule has 9 heteroatoms. The fraction of sp³-hybridized carbons (Fsp3) is 0. The molecule has 3 heterocycles. The zero-order valence-electron chi connectivity index (χ0n) is 11.8. The van der Waals surface area contributed by atoms with E-state index in [0.717, 1.165) is 14.5 Å². The van der Waals surface area contributed by atoms with Gasteiger partial charge in [0, 0.05) is 43.8 Å². The summed E-state index contributed by atoms with van der Waals surface area (Å²) in [7, 11) is 0. The highest BCUT2D eigenvalue weighted by atomic mass is 79.9. The summed E-state index contributed by atoms with van der Waals surface area (Å²) in [6, 6.07) is 8.73. The van der Waals surface area contributed by atoms with E-state index in [9.17, 15) is 0 Å². The van der Waals surface area contributed by atoms with Crippen LogP contribution in [0.3, 0.4) is 0 Å². The SMILES string of the molecule is F[B-]1(F)n2c(Br)ccc2C(c2cccc(Cl)c2Br)=C2C=CC(Br)=[N+]21. The number of benzene rings is 1. The Labute approximate surface area is 166 Å². The Kier molecular flexibility index (Phi) is 3.95. The van der Waals surface area contributed by atoms with Gasteiger partial charge < -0.3 is 17.6 Å². The summed E-state index contributed by atoms with van der Waals surface area (Å²) in [5, 5.41) is 0.525. The van der Waals surface area contributed by atoms with Gasteiger partial charge in [0.15, 0.2) is 5.70 Å². The van der Waals surface area contributed by atoms with Crippen LogP contribution in [0.4, 0.5) is 8.63 Å². The van der Waals surface area contributed by atoms with Crippen LogP contribution < -0.4 is 0 Å². The highest BCUT2D eigenvalue weighted by Crippen LogP contribution is 2.44. The van der Waals surface area contributed by atoms with E-state index >= 15 is 8.63 Å². The van der Waals surface area contributed by atoms with Gasteiger partial charge in [0.2, 0.25) is 4.62 Å². The third-order valence-electron chi connectivity index (χ3n) is 4.09. The first-order valence-electron chi connectivity index (χ1n) is 6.92.